The smallest absolute Gasteiger partial charge is 0.323 e. The van der Waals surface area contributed by atoms with Crippen LogP contribution in [0.3, 0.4) is 0 Å². The number of amides is 2. The molecule has 11 heteroatoms. The lowest BCUT2D eigenvalue weighted by Crippen LogP contribution is -2.27. The zero-order chi connectivity index (χ0) is 25.1. The molecular formula is C23H28Cl2N4O5. The van der Waals surface area contributed by atoms with Gasteiger partial charge < -0.3 is 30.7 Å². The standard InChI is InChI=1S/C23H28Cl2N4O5/c1-15(30)33-21-13-17(7-10-26)20(14-22(21)34-16(2)31)28-23(32)27-18-3-5-19(6-4-18)29(11-8-24)12-9-25/h3-6,13-14H,7-12,26H2,1-2H3,(H2,27,28,32). The molecule has 0 aliphatic heterocycles. The number of ether oxygens (including phenoxy) is 2. The molecule has 0 saturated heterocycles. The third kappa shape index (κ3) is 8.40. The number of nitrogens with zero attached hydrogens (tertiary/aromatic N) is 1. The van der Waals surface area contributed by atoms with Gasteiger partial charge in [0.15, 0.2) is 11.5 Å². The fourth-order valence-electron chi connectivity index (χ4n) is 3.16. The van der Waals surface area contributed by atoms with Crippen molar-refractivity contribution in [3.63, 3.8) is 0 Å². The van der Waals surface area contributed by atoms with Crippen LogP contribution in [0.25, 0.3) is 0 Å². The molecule has 34 heavy (non-hydrogen) atoms. The molecule has 0 bridgehead atoms. The van der Waals surface area contributed by atoms with Gasteiger partial charge in [-0.05, 0) is 48.9 Å². The maximum absolute atomic E-state index is 12.7. The summed E-state index contributed by atoms with van der Waals surface area (Å²) >= 11 is 11.7. The van der Waals surface area contributed by atoms with E-state index in [-0.39, 0.29) is 18.0 Å². The van der Waals surface area contributed by atoms with E-state index in [0.717, 1.165) is 5.69 Å². The Labute approximate surface area is 208 Å². The van der Waals surface area contributed by atoms with Gasteiger partial charge >= 0.3 is 18.0 Å². The zero-order valence-electron chi connectivity index (χ0n) is 19.0. The number of esters is 2. The summed E-state index contributed by atoms with van der Waals surface area (Å²) in [6.45, 7) is 4.04. The van der Waals surface area contributed by atoms with Crippen molar-refractivity contribution in [1.29, 1.82) is 0 Å². The summed E-state index contributed by atoms with van der Waals surface area (Å²) in [7, 11) is 0. The van der Waals surface area contributed by atoms with Gasteiger partial charge in [0.2, 0.25) is 0 Å². The van der Waals surface area contributed by atoms with Crippen LogP contribution in [0, 0.1) is 0 Å². The average molecular weight is 511 g/mol. The van der Waals surface area contributed by atoms with Gasteiger partial charge in [-0.15, -0.1) is 23.2 Å². The number of rotatable bonds is 11. The van der Waals surface area contributed by atoms with Crippen molar-refractivity contribution in [2.45, 2.75) is 20.3 Å². The number of nitrogens with two attached hydrogens (primary N) is 1. The second-order valence-electron chi connectivity index (χ2n) is 7.17. The minimum absolute atomic E-state index is 0.00167. The predicted molar refractivity (Wildman–Crippen MR) is 135 cm³/mol. The maximum atomic E-state index is 12.7. The number of carbonyl (C=O) groups is 3. The summed E-state index contributed by atoms with van der Waals surface area (Å²) in [6, 6.07) is 9.67. The molecule has 0 radical (unpaired) electrons. The lowest BCUT2D eigenvalue weighted by molar-refractivity contribution is -0.134. The number of halogens is 2. The van der Waals surface area contributed by atoms with E-state index in [9.17, 15) is 14.4 Å². The fourth-order valence-corrected chi connectivity index (χ4v) is 3.57. The Hall–Kier alpha value is -3.01. The van der Waals surface area contributed by atoms with Gasteiger partial charge in [-0.25, -0.2) is 4.79 Å². The van der Waals surface area contributed by atoms with E-state index < -0.39 is 18.0 Å². The lowest BCUT2D eigenvalue weighted by atomic mass is 10.1. The molecular weight excluding hydrogens is 483 g/mol. The van der Waals surface area contributed by atoms with Crippen molar-refractivity contribution in [3.8, 4) is 11.5 Å². The highest BCUT2D eigenvalue weighted by Gasteiger charge is 2.17. The molecule has 0 heterocycles. The molecule has 2 aromatic rings. The van der Waals surface area contributed by atoms with Gasteiger partial charge in [-0.3, -0.25) is 9.59 Å². The molecule has 184 valence electrons. The summed E-state index contributed by atoms with van der Waals surface area (Å²) in [6.07, 6.45) is 0.385. The van der Waals surface area contributed by atoms with Gasteiger partial charge in [0.1, 0.15) is 0 Å². The highest BCUT2D eigenvalue weighted by Crippen LogP contribution is 2.34. The van der Waals surface area contributed by atoms with E-state index in [1.807, 2.05) is 17.0 Å². The number of alkyl halides is 2. The number of hydrogen-bond donors (Lipinski definition) is 3. The van der Waals surface area contributed by atoms with Crippen molar-refractivity contribution in [1.82, 2.24) is 0 Å². The van der Waals surface area contributed by atoms with E-state index in [2.05, 4.69) is 10.6 Å². The molecule has 0 aliphatic rings. The Balaban J connectivity index is 2.21. The molecule has 0 atom stereocenters. The van der Waals surface area contributed by atoms with Crippen LogP contribution < -0.4 is 30.7 Å². The Bertz CT molecular complexity index is 996. The number of anilines is 3. The van der Waals surface area contributed by atoms with Gasteiger partial charge in [-0.2, -0.15) is 0 Å². The summed E-state index contributed by atoms with van der Waals surface area (Å²) in [5.41, 5.74) is 8.17. The topological polar surface area (TPSA) is 123 Å². The van der Waals surface area contributed by atoms with E-state index in [0.29, 0.717) is 48.2 Å². The highest BCUT2D eigenvalue weighted by molar-refractivity contribution is 6.18. The molecule has 9 nitrogen and oxygen atoms in total. The summed E-state index contributed by atoms with van der Waals surface area (Å²) in [5, 5.41) is 5.49. The number of carbonyl (C=O) groups excluding carboxylic acids is 3. The van der Waals surface area contributed by atoms with Gasteiger partial charge in [0, 0.05) is 61.8 Å². The van der Waals surface area contributed by atoms with Crippen molar-refractivity contribution in [2.24, 2.45) is 5.73 Å². The normalized spacial score (nSPS) is 10.4. The van der Waals surface area contributed by atoms with Crippen LogP contribution in [0.1, 0.15) is 19.4 Å². The Kier molecular flexibility index (Phi) is 10.9. The summed E-state index contributed by atoms with van der Waals surface area (Å²) < 4.78 is 10.3. The first-order chi connectivity index (χ1) is 16.3. The second-order valence-corrected chi connectivity index (χ2v) is 7.93. The van der Waals surface area contributed by atoms with E-state index in [4.69, 9.17) is 38.4 Å². The summed E-state index contributed by atoms with van der Waals surface area (Å²) in [5.74, 6) is -0.183. The largest absolute Gasteiger partial charge is 0.423 e. The minimum Gasteiger partial charge on any atom is -0.423 e. The maximum Gasteiger partial charge on any atom is 0.323 e. The first kappa shape index (κ1) is 27.2. The Morgan fingerprint density at radius 2 is 1.47 bits per heavy atom. The Morgan fingerprint density at radius 1 is 0.912 bits per heavy atom. The van der Waals surface area contributed by atoms with Crippen LogP contribution in [0.4, 0.5) is 21.9 Å². The van der Waals surface area contributed by atoms with Crippen LogP contribution in [0.15, 0.2) is 36.4 Å². The van der Waals surface area contributed by atoms with E-state index in [1.165, 1.54) is 26.0 Å². The number of hydrogen-bond acceptors (Lipinski definition) is 7. The van der Waals surface area contributed by atoms with Crippen molar-refractivity contribution >= 4 is 58.2 Å². The van der Waals surface area contributed by atoms with Crippen LogP contribution in [0.5, 0.6) is 11.5 Å². The van der Waals surface area contributed by atoms with Crippen LogP contribution in [-0.2, 0) is 16.0 Å². The van der Waals surface area contributed by atoms with Gasteiger partial charge in [0.25, 0.3) is 0 Å². The number of urea groups is 1. The van der Waals surface area contributed by atoms with E-state index in [1.54, 1.807) is 12.1 Å². The molecule has 2 rings (SSSR count). The Morgan fingerprint density at radius 3 is 1.97 bits per heavy atom. The second kappa shape index (κ2) is 13.6. The molecule has 0 spiro atoms. The molecule has 0 saturated carbocycles. The zero-order valence-corrected chi connectivity index (χ0v) is 20.5. The predicted octanol–water partition coefficient (Wildman–Crippen LogP) is 3.97. The average Bonchev–Trinajstić information content (AvgIpc) is 2.76. The van der Waals surface area contributed by atoms with Crippen LogP contribution in [0.2, 0.25) is 0 Å². The van der Waals surface area contributed by atoms with Crippen LogP contribution >= 0.6 is 23.2 Å². The summed E-state index contributed by atoms with van der Waals surface area (Å²) in [4.78, 5) is 37.6. The molecule has 0 unspecified atom stereocenters. The lowest BCUT2D eigenvalue weighted by Gasteiger charge is -2.23. The number of benzene rings is 2. The first-order valence-corrected chi connectivity index (χ1v) is 11.6. The molecule has 0 fully saturated rings. The molecule has 0 aliphatic carbocycles. The van der Waals surface area contributed by atoms with Gasteiger partial charge in [-0.1, -0.05) is 0 Å². The number of nitrogens with one attached hydrogen (secondary N) is 2. The SMILES string of the molecule is CC(=O)Oc1cc(CCN)c(NC(=O)Nc2ccc(N(CCCl)CCCl)cc2)cc1OC(C)=O. The van der Waals surface area contributed by atoms with Crippen LogP contribution in [-0.4, -0.2) is 49.4 Å². The minimum atomic E-state index is -0.604. The molecule has 2 aromatic carbocycles. The fraction of sp³-hybridized carbons (Fsp3) is 0.348. The van der Waals surface area contributed by atoms with Crippen molar-refractivity contribution < 1.29 is 23.9 Å². The van der Waals surface area contributed by atoms with E-state index >= 15 is 0 Å². The first-order valence-electron chi connectivity index (χ1n) is 10.6. The molecule has 2 amide bonds. The van der Waals surface area contributed by atoms with Crippen molar-refractivity contribution in [2.75, 3.05) is 46.9 Å². The molecule has 0 aromatic heterocycles. The molecule has 4 N–H and O–H groups in total. The van der Waals surface area contributed by atoms with Crippen molar-refractivity contribution in [3.05, 3.63) is 42.0 Å². The monoisotopic (exact) mass is 510 g/mol. The highest BCUT2D eigenvalue weighted by atomic mass is 35.5. The third-order valence-electron chi connectivity index (χ3n) is 4.54. The third-order valence-corrected chi connectivity index (χ3v) is 4.88. The van der Waals surface area contributed by atoms with Gasteiger partial charge in [0.05, 0.1) is 0 Å². The quantitative estimate of drug-likeness (QED) is 0.237.